The second-order valence-corrected chi connectivity index (χ2v) is 25.3. The summed E-state index contributed by atoms with van der Waals surface area (Å²) in [4.78, 5) is 0. The molecule has 342 valence electrons. The molecule has 0 unspecified atom stereocenters. The lowest BCUT2D eigenvalue weighted by molar-refractivity contribution is -0.0575. The van der Waals surface area contributed by atoms with Gasteiger partial charge in [-0.05, 0) is 220 Å². The molecule has 6 saturated carbocycles. The summed E-state index contributed by atoms with van der Waals surface area (Å²) in [7, 11) is 0. The molecule has 6 fully saturated rings. The molecule has 8 rings (SSSR count). The quantitative estimate of drug-likeness (QED) is 0.204. The summed E-state index contributed by atoms with van der Waals surface area (Å²) in [5.41, 5.74) is 5.10. The van der Waals surface area contributed by atoms with Crippen LogP contribution in [0.25, 0.3) is 0 Å². The van der Waals surface area contributed by atoms with Gasteiger partial charge >= 0.3 is 0 Å². The molecule has 0 amide bonds. The fraction of sp³-hybridized carbons (Fsp3) is 0.897. The summed E-state index contributed by atoms with van der Waals surface area (Å²) < 4.78 is 0. The molecule has 2 nitrogen and oxygen atoms in total. The van der Waals surface area contributed by atoms with Gasteiger partial charge in [-0.15, -0.1) is 0 Å². The molecule has 0 saturated heterocycles. The van der Waals surface area contributed by atoms with E-state index < -0.39 is 0 Å². The minimum atomic E-state index is -0.0870. The Bertz CT molecular complexity index is 1530. The minimum absolute atomic E-state index is 0.0794. The largest absolute Gasteiger partial charge is 0.393 e. The summed E-state index contributed by atoms with van der Waals surface area (Å²) >= 11 is 0. The third-order valence-corrected chi connectivity index (χ3v) is 22.1. The normalized spacial score (nSPS) is 45.5. The second kappa shape index (κ2) is 18.6. The van der Waals surface area contributed by atoms with Gasteiger partial charge in [0, 0.05) is 0 Å². The Balaban J connectivity index is 0.000000181. The van der Waals surface area contributed by atoms with Crippen molar-refractivity contribution in [2.45, 2.75) is 224 Å². The summed E-state index contributed by atoms with van der Waals surface area (Å²) in [6.45, 7) is 29.9. The molecule has 8 aliphatic carbocycles. The van der Waals surface area contributed by atoms with Gasteiger partial charge in [-0.25, -0.2) is 0 Å². The standard InChI is InChI=1S/C29H50O.C29H48O/c2*1-7-21(19(2)3)9-8-20(4)25-12-13-26-24-11-10-22-18-23(30)14-16-28(22,5)27(24)15-17-29(25,26)6/h10,19-21,23-27,30H,7-9,11-18H2,1-6H3;8-10,19-21,23-27,30H,7,11-18H2,1-6H3/b;9-8+/t2*20-,21-,23+,24+,25-,26+,27+,28+,29-/m11/s1. The molecule has 0 aromatic heterocycles. The lowest BCUT2D eigenvalue weighted by atomic mass is 9.47. The van der Waals surface area contributed by atoms with Gasteiger partial charge < -0.3 is 10.2 Å². The van der Waals surface area contributed by atoms with Gasteiger partial charge in [0.2, 0.25) is 0 Å². The van der Waals surface area contributed by atoms with Crippen LogP contribution in [0.4, 0.5) is 0 Å². The summed E-state index contributed by atoms with van der Waals surface area (Å²) in [6.07, 6.45) is 36.2. The average molecular weight is 827 g/mol. The fourth-order valence-electron chi connectivity index (χ4n) is 18.1. The van der Waals surface area contributed by atoms with E-state index in [1.807, 2.05) is 0 Å². The maximum atomic E-state index is 10.2. The number of hydrogen-bond donors (Lipinski definition) is 2. The van der Waals surface area contributed by atoms with E-state index in [0.29, 0.717) is 27.6 Å². The number of hydrogen-bond acceptors (Lipinski definition) is 2. The zero-order valence-corrected chi connectivity index (χ0v) is 41.6. The van der Waals surface area contributed by atoms with Crippen LogP contribution in [-0.4, -0.2) is 22.4 Å². The molecule has 0 bridgehead atoms. The van der Waals surface area contributed by atoms with Gasteiger partial charge in [0.15, 0.2) is 0 Å². The molecule has 0 spiro atoms. The lowest BCUT2D eigenvalue weighted by Gasteiger charge is -2.58. The van der Waals surface area contributed by atoms with Crippen LogP contribution in [0, 0.1) is 105 Å². The SMILES string of the molecule is CC[C@H](/C=C/[C@@H](C)[C@H]1CC[C@H]2[C@@H]3CC=C4C[C@@H](O)CC[C@]4(C)[C@H]3CC[C@]12C)C(C)C.CC[C@H](CC[C@@H](C)[C@H]1CC[C@H]2[C@@H]3CC=C4C[C@@H](O)CC[C@]4(C)[C@H]3CC[C@]12C)C(C)C. The molecule has 18 atom stereocenters. The first kappa shape index (κ1) is 47.1. The van der Waals surface area contributed by atoms with Gasteiger partial charge in [-0.3, -0.25) is 0 Å². The molecular formula is C58H98O2. The molecule has 0 aliphatic heterocycles. The Morgan fingerprint density at radius 2 is 1.07 bits per heavy atom. The number of fused-ring (bicyclic) bond motifs is 10. The van der Waals surface area contributed by atoms with Crippen molar-refractivity contribution in [3.05, 3.63) is 35.5 Å². The van der Waals surface area contributed by atoms with E-state index in [-0.39, 0.29) is 12.2 Å². The van der Waals surface area contributed by atoms with E-state index in [0.717, 1.165) is 103 Å². The fourth-order valence-corrected chi connectivity index (χ4v) is 18.1. The Morgan fingerprint density at radius 1 is 0.567 bits per heavy atom. The number of aliphatic hydroxyl groups excluding tert-OH is 2. The summed E-state index contributed by atoms with van der Waals surface area (Å²) in [6, 6.07) is 0. The highest BCUT2D eigenvalue weighted by atomic mass is 16.3. The summed E-state index contributed by atoms with van der Waals surface area (Å²) in [5, 5.41) is 20.5. The van der Waals surface area contributed by atoms with Crippen molar-refractivity contribution in [1.29, 1.82) is 0 Å². The molecule has 0 radical (unpaired) electrons. The third kappa shape index (κ3) is 8.55. The van der Waals surface area contributed by atoms with Crippen molar-refractivity contribution >= 4 is 0 Å². The zero-order valence-electron chi connectivity index (χ0n) is 41.6. The smallest absolute Gasteiger partial charge is 0.0577 e. The van der Waals surface area contributed by atoms with Crippen molar-refractivity contribution in [1.82, 2.24) is 0 Å². The van der Waals surface area contributed by atoms with E-state index in [1.165, 1.54) is 103 Å². The van der Waals surface area contributed by atoms with Crippen LogP contribution in [0.3, 0.4) is 0 Å². The Morgan fingerprint density at radius 3 is 1.53 bits per heavy atom. The maximum Gasteiger partial charge on any atom is 0.0577 e. The molecule has 60 heavy (non-hydrogen) atoms. The van der Waals surface area contributed by atoms with Crippen molar-refractivity contribution in [2.75, 3.05) is 0 Å². The first-order chi connectivity index (χ1) is 28.4. The lowest BCUT2D eigenvalue weighted by Crippen LogP contribution is -2.50. The van der Waals surface area contributed by atoms with Crippen molar-refractivity contribution in [2.24, 2.45) is 105 Å². The van der Waals surface area contributed by atoms with Gasteiger partial charge in [0.1, 0.15) is 0 Å². The number of aliphatic hydroxyl groups is 2. The van der Waals surface area contributed by atoms with Crippen molar-refractivity contribution in [3.8, 4) is 0 Å². The van der Waals surface area contributed by atoms with Crippen molar-refractivity contribution in [3.63, 3.8) is 0 Å². The molecule has 2 N–H and O–H groups in total. The average Bonchev–Trinajstić information content (AvgIpc) is 3.75. The molecule has 0 heterocycles. The van der Waals surface area contributed by atoms with E-state index in [9.17, 15) is 10.2 Å². The topological polar surface area (TPSA) is 40.5 Å². The molecule has 8 aliphatic rings. The summed E-state index contributed by atoms with van der Waals surface area (Å²) in [5.74, 6) is 12.0. The molecule has 0 aromatic rings. The Labute approximate surface area is 372 Å². The van der Waals surface area contributed by atoms with Gasteiger partial charge in [0.25, 0.3) is 0 Å². The minimum Gasteiger partial charge on any atom is -0.393 e. The van der Waals surface area contributed by atoms with E-state index in [2.05, 4.69) is 107 Å². The van der Waals surface area contributed by atoms with Crippen LogP contribution in [0.5, 0.6) is 0 Å². The van der Waals surface area contributed by atoms with E-state index >= 15 is 0 Å². The van der Waals surface area contributed by atoms with Crippen LogP contribution in [0.1, 0.15) is 212 Å². The zero-order chi connectivity index (χ0) is 43.4. The Hall–Kier alpha value is -0.860. The first-order valence-electron chi connectivity index (χ1n) is 26.8. The third-order valence-electron chi connectivity index (χ3n) is 22.1. The molecule has 0 aromatic carbocycles. The van der Waals surface area contributed by atoms with Gasteiger partial charge in [-0.1, -0.05) is 131 Å². The van der Waals surface area contributed by atoms with Crippen LogP contribution in [0.15, 0.2) is 35.5 Å². The van der Waals surface area contributed by atoms with Crippen LogP contribution in [0.2, 0.25) is 0 Å². The number of allylic oxidation sites excluding steroid dienone is 4. The first-order valence-corrected chi connectivity index (χ1v) is 26.8. The van der Waals surface area contributed by atoms with Gasteiger partial charge in [-0.2, -0.15) is 0 Å². The highest BCUT2D eigenvalue weighted by molar-refractivity contribution is 5.27. The molecular weight excluding hydrogens is 729 g/mol. The van der Waals surface area contributed by atoms with Crippen LogP contribution in [-0.2, 0) is 0 Å². The number of rotatable bonds is 11. The van der Waals surface area contributed by atoms with E-state index in [1.54, 1.807) is 11.1 Å². The van der Waals surface area contributed by atoms with Crippen molar-refractivity contribution < 1.29 is 10.2 Å². The highest BCUT2D eigenvalue weighted by Crippen LogP contribution is 2.69. The monoisotopic (exact) mass is 827 g/mol. The predicted octanol–water partition coefficient (Wildman–Crippen LogP) is 15.8. The van der Waals surface area contributed by atoms with E-state index in [4.69, 9.17) is 0 Å². The highest BCUT2D eigenvalue weighted by Gasteiger charge is 2.60. The van der Waals surface area contributed by atoms with Gasteiger partial charge in [0.05, 0.1) is 12.2 Å². The predicted molar refractivity (Wildman–Crippen MR) is 256 cm³/mol. The second-order valence-electron chi connectivity index (χ2n) is 25.3. The molecule has 2 heteroatoms. The van der Waals surface area contributed by atoms with Crippen LogP contribution >= 0.6 is 0 Å². The Kier molecular flexibility index (Phi) is 14.6. The maximum absolute atomic E-state index is 10.2. The van der Waals surface area contributed by atoms with Crippen LogP contribution < -0.4 is 0 Å².